The summed E-state index contributed by atoms with van der Waals surface area (Å²) in [6, 6.07) is 0. The van der Waals surface area contributed by atoms with Crippen LogP contribution in [0.25, 0.3) is 0 Å². The summed E-state index contributed by atoms with van der Waals surface area (Å²) in [6.07, 6.45) is 3.66. The molecule has 1 fully saturated rings. The highest BCUT2D eigenvalue weighted by Gasteiger charge is 2.37. The average Bonchev–Trinajstić information content (AvgIpc) is 2.13. The summed E-state index contributed by atoms with van der Waals surface area (Å²) >= 11 is 0. The molecule has 0 aliphatic heterocycles. The van der Waals surface area contributed by atoms with Crippen molar-refractivity contribution in [3.05, 3.63) is 0 Å². The second kappa shape index (κ2) is 2.87. The van der Waals surface area contributed by atoms with E-state index >= 15 is 0 Å². The van der Waals surface area contributed by atoms with Gasteiger partial charge in [-0.25, -0.2) is 4.39 Å². The third-order valence-corrected chi connectivity index (χ3v) is 2.58. The van der Waals surface area contributed by atoms with E-state index in [-0.39, 0.29) is 5.92 Å². The predicted octanol–water partition coefficient (Wildman–Crippen LogP) is 1.86. The first-order valence-corrected chi connectivity index (χ1v) is 4.06. The molecular weight excluding hydrogens is 129 g/mol. The Balaban J connectivity index is 2.43. The van der Waals surface area contributed by atoms with Crippen LogP contribution in [0, 0.1) is 5.92 Å². The van der Waals surface area contributed by atoms with Gasteiger partial charge in [-0.15, -0.1) is 0 Å². The van der Waals surface area contributed by atoms with Gasteiger partial charge >= 0.3 is 0 Å². The molecule has 1 saturated carbocycles. The molecule has 0 aromatic carbocycles. The Morgan fingerprint density at radius 2 is 2.40 bits per heavy atom. The van der Waals surface area contributed by atoms with Crippen LogP contribution in [-0.4, -0.2) is 12.2 Å². The Morgan fingerprint density at radius 1 is 1.70 bits per heavy atom. The second-order valence-corrected chi connectivity index (χ2v) is 3.44. The zero-order chi connectivity index (χ0) is 7.61. The molecule has 1 aliphatic carbocycles. The Morgan fingerprint density at radius 3 is 2.80 bits per heavy atom. The van der Waals surface area contributed by atoms with Crippen molar-refractivity contribution in [3.63, 3.8) is 0 Å². The molecule has 1 rings (SSSR count). The summed E-state index contributed by atoms with van der Waals surface area (Å²) in [5.74, 6) is 0.234. The van der Waals surface area contributed by atoms with Gasteiger partial charge in [-0.1, -0.05) is 0 Å². The molecule has 0 spiro atoms. The lowest BCUT2D eigenvalue weighted by Gasteiger charge is -2.21. The van der Waals surface area contributed by atoms with Crippen LogP contribution in [0.1, 0.15) is 32.6 Å². The van der Waals surface area contributed by atoms with E-state index in [4.69, 9.17) is 5.73 Å². The van der Waals surface area contributed by atoms with E-state index in [9.17, 15) is 4.39 Å². The lowest BCUT2D eigenvalue weighted by Crippen LogP contribution is -2.25. The Labute approximate surface area is 61.8 Å². The van der Waals surface area contributed by atoms with Gasteiger partial charge in [0.15, 0.2) is 0 Å². The molecule has 0 aromatic heterocycles. The number of rotatable bonds is 2. The summed E-state index contributed by atoms with van der Waals surface area (Å²) in [4.78, 5) is 0. The van der Waals surface area contributed by atoms with Crippen molar-refractivity contribution in [3.8, 4) is 0 Å². The van der Waals surface area contributed by atoms with Gasteiger partial charge in [0.05, 0.1) is 0 Å². The molecule has 0 bridgehead atoms. The fraction of sp³-hybridized carbons (Fsp3) is 1.00. The van der Waals surface area contributed by atoms with Gasteiger partial charge in [0, 0.05) is 0 Å². The van der Waals surface area contributed by atoms with Gasteiger partial charge in [-0.2, -0.15) is 0 Å². The lowest BCUT2D eigenvalue weighted by atomic mass is 9.92. The Bertz CT molecular complexity index is 112. The van der Waals surface area contributed by atoms with Crippen LogP contribution in [0.4, 0.5) is 4.39 Å². The van der Waals surface area contributed by atoms with E-state index in [1.165, 1.54) is 0 Å². The summed E-state index contributed by atoms with van der Waals surface area (Å²) < 4.78 is 13.4. The van der Waals surface area contributed by atoms with Crippen molar-refractivity contribution in [1.29, 1.82) is 0 Å². The zero-order valence-corrected chi connectivity index (χ0v) is 6.57. The molecule has 0 amide bonds. The van der Waals surface area contributed by atoms with Gasteiger partial charge in [0.2, 0.25) is 0 Å². The van der Waals surface area contributed by atoms with Crippen molar-refractivity contribution in [2.75, 3.05) is 6.54 Å². The molecular formula is C8H16FN. The summed E-state index contributed by atoms with van der Waals surface area (Å²) in [5, 5.41) is 0. The average molecular weight is 145 g/mol. The molecule has 0 heterocycles. The van der Waals surface area contributed by atoms with E-state index in [1.54, 1.807) is 6.92 Å². The molecule has 2 unspecified atom stereocenters. The largest absolute Gasteiger partial charge is 0.330 e. The molecule has 2 N–H and O–H groups in total. The number of hydrogen-bond acceptors (Lipinski definition) is 1. The van der Waals surface area contributed by atoms with E-state index < -0.39 is 5.67 Å². The molecule has 2 atom stereocenters. The first-order valence-electron chi connectivity index (χ1n) is 4.06. The van der Waals surface area contributed by atoms with Crippen LogP contribution < -0.4 is 5.73 Å². The maximum Gasteiger partial charge on any atom is 0.111 e. The van der Waals surface area contributed by atoms with Crippen molar-refractivity contribution >= 4 is 0 Å². The monoisotopic (exact) mass is 145 g/mol. The van der Waals surface area contributed by atoms with Crippen LogP contribution in [0.2, 0.25) is 0 Å². The van der Waals surface area contributed by atoms with Crippen LogP contribution in [-0.2, 0) is 0 Å². The van der Waals surface area contributed by atoms with Gasteiger partial charge in [-0.3, -0.25) is 0 Å². The van der Waals surface area contributed by atoms with Crippen LogP contribution >= 0.6 is 0 Å². The topological polar surface area (TPSA) is 26.0 Å². The van der Waals surface area contributed by atoms with Gasteiger partial charge < -0.3 is 5.73 Å². The molecule has 1 aliphatic rings. The third kappa shape index (κ3) is 1.48. The molecule has 1 nitrogen and oxygen atoms in total. The Kier molecular flexibility index (Phi) is 2.29. The first-order chi connectivity index (χ1) is 4.67. The summed E-state index contributed by atoms with van der Waals surface area (Å²) in [5.41, 5.74) is 4.45. The maximum absolute atomic E-state index is 13.4. The molecule has 0 saturated heterocycles. The van der Waals surface area contributed by atoms with E-state index in [0.29, 0.717) is 6.54 Å². The third-order valence-electron chi connectivity index (χ3n) is 2.58. The van der Waals surface area contributed by atoms with Crippen LogP contribution in [0.15, 0.2) is 0 Å². The second-order valence-electron chi connectivity index (χ2n) is 3.44. The van der Waals surface area contributed by atoms with E-state index in [2.05, 4.69) is 0 Å². The summed E-state index contributed by atoms with van der Waals surface area (Å²) in [6.45, 7) is 2.34. The van der Waals surface area contributed by atoms with E-state index in [0.717, 1.165) is 25.7 Å². The lowest BCUT2D eigenvalue weighted by molar-refractivity contribution is 0.128. The minimum absolute atomic E-state index is 0.234. The number of halogens is 1. The van der Waals surface area contributed by atoms with Crippen LogP contribution in [0.3, 0.4) is 0 Å². The molecule has 0 radical (unpaired) electrons. The van der Waals surface area contributed by atoms with Gasteiger partial charge in [0.25, 0.3) is 0 Å². The number of alkyl halides is 1. The zero-order valence-electron chi connectivity index (χ0n) is 6.57. The minimum Gasteiger partial charge on any atom is -0.330 e. The predicted molar refractivity (Wildman–Crippen MR) is 40.5 cm³/mol. The standard InChI is InChI=1S/C8H16FN/c1-8(9)5-2-3-7(8)4-6-10/h7H,2-6,10H2,1H3. The highest BCUT2D eigenvalue weighted by atomic mass is 19.1. The fourth-order valence-electron chi connectivity index (χ4n) is 1.85. The number of nitrogens with two attached hydrogens (primary N) is 1. The molecule has 0 aromatic rings. The SMILES string of the molecule is CC1(F)CCCC1CCN. The highest BCUT2D eigenvalue weighted by Crippen LogP contribution is 2.40. The van der Waals surface area contributed by atoms with Gasteiger partial charge in [0.1, 0.15) is 5.67 Å². The maximum atomic E-state index is 13.4. The smallest absolute Gasteiger partial charge is 0.111 e. The Hall–Kier alpha value is -0.110. The van der Waals surface area contributed by atoms with Crippen molar-refractivity contribution in [2.45, 2.75) is 38.3 Å². The summed E-state index contributed by atoms with van der Waals surface area (Å²) in [7, 11) is 0. The molecule has 2 heteroatoms. The van der Waals surface area contributed by atoms with Crippen molar-refractivity contribution < 1.29 is 4.39 Å². The normalized spacial score (nSPS) is 40.5. The van der Waals surface area contributed by atoms with Crippen LogP contribution in [0.5, 0.6) is 0 Å². The highest BCUT2D eigenvalue weighted by molar-refractivity contribution is 4.88. The first kappa shape index (κ1) is 7.99. The van der Waals surface area contributed by atoms with E-state index in [1.807, 2.05) is 0 Å². The van der Waals surface area contributed by atoms with Gasteiger partial charge in [-0.05, 0) is 45.1 Å². The quantitative estimate of drug-likeness (QED) is 0.630. The fourth-order valence-corrected chi connectivity index (χ4v) is 1.85. The molecule has 60 valence electrons. The van der Waals surface area contributed by atoms with Crippen molar-refractivity contribution in [2.24, 2.45) is 11.7 Å². The van der Waals surface area contributed by atoms with Crippen molar-refractivity contribution in [1.82, 2.24) is 0 Å². The number of hydrogen-bond donors (Lipinski definition) is 1. The minimum atomic E-state index is -0.917. The molecule has 10 heavy (non-hydrogen) atoms.